The van der Waals surface area contributed by atoms with Gasteiger partial charge in [0, 0.05) is 13.3 Å². The first-order chi connectivity index (χ1) is 10.8. The zero-order valence-electron chi connectivity index (χ0n) is 11.7. The summed E-state index contributed by atoms with van der Waals surface area (Å²) in [4.78, 5) is 0. The normalized spacial score (nSPS) is 11.0. The average molecular weight is 304 g/mol. The van der Waals surface area contributed by atoms with Crippen LogP contribution in [-0.4, -0.2) is 40.9 Å². The molecule has 2 N–H and O–H groups in total. The number of para-hydroxylation sites is 1. The molecule has 0 unspecified atom stereocenters. The molecule has 1 aromatic carbocycles. The number of anilines is 1. The smallest absolute Gasteiger partial charge is 0.216 e. The molecule has 114 valence electrons. The Kier molecular flexibility index (Phi) is 5.39. The van der Waals surface area contributed by atoms with Crippen LogP contribution < -0.4 is 10.1 Å². The van der Waals surface area contributed by atoms with Gasteiger partial charge < -0.3 is 14.8 Å². The number of methoxy groups -OCH3 is 1. The highest BCUT2D eigenvalue weighted by atomic mass is 19.1. The van der Waals surface area contributed by atoms with Crippen LogP contribution in [0.3, 0.4) is 0 Å². The fourth-order valence-corrected chi connectivity index (χ4v) is 1.57. The number of nitrogens with zero attached hydrogens (tertiary/aromatic N) is 4. The largest absolute Gasteiger partial charge is 0.486 e. The maximum absolute atomic E-state index is 13.8. The lowest BCUT2D eigenvalue weighted by Gasteiger charge is -2.12. The van der Waals surface area contributed by atoms with Crippen LogP contribution in [0, 0.1) is 17.1 Å². The Hall–Kier alpha value is -2.99. The van der Waals surface area contributed by atoms with Crippen LogP contribution >= 0.6 is 0 Å². The summed E-state index contributed by atoms with van der Waals surface area (Å²) in [5, 5.41) is 24.9. The minimum atomic E-state index is -0.521. The van der Waals surface area contributed by atoms with Gasteiger partial charge in [-0.3, -0.25) is 0 Å². The Morgan fingerprint density at radius 2 is 2.36 bits per heavy atom. The molecule has 1 aromatic heterocycles. The predicted octanol–water partition coefficient (Wildman–Crippen LogP) is 1.34. The molecule has 0 amide bonds. The van der Waals surface area contributed by atoms with Gasteiger partial charge in [0.15, 0.2) is 11.6 Å². The zero-order chi connectivity index (χ0) is 15.8. The molecule has 9 heteroatoms. The van der Waals surface area contributed by atoms with Crippen LogP contribution in [0.5, 0.6) is 5.75 Å². The average Bonchev–Trinajstić information content (AvgIpc) is 3.05. The molecule has 0 aliphatic rings. The van der Waals surface area contributed by atoms with E-state index < -0.39 is 5.82 Å². The molecular formula is C13H13FN6O2. The van der Waals surface area contributed by atoms with Crippen molar-refractivity contribution in [2.45, 2.75) is 0 Å². The molecule has 0 fully saturated rings. The van der Waals surface area contributed by atoms with Crippen molar-refractivity contribution in [1.82, 2.24) is 20.6 Å². The number of H-pyrrole nitrogens is 1. The van der Waals surface area contributed by atoms with Gasteiger partial charge in [-0.05, 0) is 17.3 Å². The molecule has 2 aromatic rings. The standard InChI is InChI=1S/C13H13FN6O2/c1-21-5-6-22-12-10(14)3-2-4-11(12)16-8-9(7-15)13-17-19-20-18-13/h2-4,8,16H,5-6H2,1H3,(H,17,18,19,20). The highest BCUT2D eigenvalue weighted by Gasteiger charge is 2.10. The van der Waals surface area contributed by atoms with Crippen molar-refractivity contribution in [1.29, 1.82) is 5.26 Å². The van der Waals surface area contributed by atoms with Crippen LogP contribution in [-0.2, 0) is 4.74 Å². The quantitative estimate of drug-likeness (QED) is 0.587. The van der Waals surface area contributed by atoms with Gasteiger partial charge in [0.1, 0.15) is 18.2 Å². The number of hydrogen-bond donors (Lipinski definition) is 2. The minimum absolute atomic E-state index is 0.0428. The number of aromatic nitrogens is 4. The molecule has 22 heavy (non-hydrogen) atoms. The Bertz CT molecular complexity index is 680. The number of hydrogen-bond acceptors (Lipinski definition) is 7. The first-order valence-electron chi connectivity index (χ1n) is 6.27. The first-order valence-corrected chi connectivity index (χ1v) is 6.27. The zero-order valence-corrected chi connectivity index (χ0v) is 11.7. The lowest BCUT2D eigenvalue weighted by atomic mass is 10.2. The topological polar surface area (TPSA) is 109 Å². The molecule has 8 nitrogen and oxygen atoms in total. The molecule has 1 heterocycles. The Labute approximate surface area is 125 Å². The van der Waals surface area contributed by atoms with Crippen molar-refractivity contribution in [3.8, 4) is 11.8 Å². The van der Waals surface area contributed by atoms with E-state index in [1.54, 1.807) is 6.07 Å². The summed E-state index contributed by atoms with van der Waals surface area (Å²) < 4.78 is 24.0. The second-order valence-electron chi connectivity index (χ2n) is 4.01. The Morgan fingerprint density at radius 1 is 1.50 bits per heavy atom. The highest BCUT2D eigenvalue weighted by molar-refractivity contribution is 5.74. The summed E-state index contributed by atoms with van der Waals surface area (Å²) >= 11 is 0. The van der Waals surface area contributed by atoms with E-state index in [1.165, 1.54) is 25.4 Å². The molecule has 0 aliphatic carbocycles. The third-order valence-electron chi connectivity index (χ3n) is 2.58. The lowest BCUT2D eigenvalue weighted by Crippen LogP contribution is -2.07. The molecule has 0 spiro atoms. The van der Waals surface area contributed by atoms with Crippen molar-refractivity contribution in [3.63, 3.8) is 0 Å². The fourth-order valence-electron chi connectivity index (χ4n) is 1.57. The summed E-state index contributed by atoms with van der Waals surface area (Å²) in [6.07, 6.45) is 1.35. The molecule has 0 saturated heterocycles. The van der Waals surface area contributed by atoms with Gasteiger partial charge >= 0.3 is 0 Å². The third kappa shape index (κ3) is 3.77. The Morgan fingerprint density at radius 3 is 3.05 bits per heavy atom. The molecule has 2 rings (SSSR count). The van der Waals surface area contributed by atoms with E-state index in [9.17, 15) is 4.39 Å². The van der Waals surface area contributed by atoms with Crippen molar-refractivity contribution in [2.75, 3.05) is 25.6 Å². The fraction of sp³-hybridized carbons (Fsp3) is 0.231. The summed E-state index contributed by atoms with van der Waals surface area (Å²) in [5.41, 5.74) is 0.508. The van der Waals surface area contributed by atoms with Crippen molar-refractivity contribution >= 4 is 11.3 Å². The van der Waals surface area contributed by atoms with Crippen molar-refractivity contribution < 1.29 is 13.9 Å². The van der Waals surface area contributed by atoms with Crippen molar-refractivity contribution in [3.05, 3.63) is 36.0 Å². The second kappa shape index (κ2) is 7.70. The number of ether oxygens (including phenoxy) is 2. The van der Waals surface area contributed by atoms with Gasteiger partial charge in [0.2, 0.25) is 5.82 Å². The van der Waals surface area contributed by atoms with E-state index in [0.717, 1.165) is 0 Å². The first kappa shape index (κ1) is 15.4. The number of halogens is 1. The number of allylic oxidation sites excluding steroid dienone is 1. The van der Waals surface area contributed by atoms with Gasteiger partial charge in [0.05, 0.1) is 12.3 Å². The monoisotopic (exact) mass is 304 g/mol. The summed E-state index contributed by atoms with van der Waals surface area (Å²) in [5.74, 6) is -0.345. The van der Waals surface area contributed by atoms with Gasteiger partial charge in [0.25, 0.3) is 0 Å². The summed E-state index contributed by atoms with van der Waals surface area (Å²) in [7, 11) is 1.52. The number of benzene rings is 1. The van der Waals surface area contributed by atoms with Gasteiger partial charge in [-0.15, -0.1) is 10.2 Å². The summed E-state index contributed by atoms with van der Waals surface area (Å²) in [6, 6.07) is 6.34. The Balaban J connectivity index is 2.18. The van der Waals surface area contributed by atoms with E-state index in [-0.39, 0.29) is 23.8 Å². The van der Waals surface area contributed by atoms with E-state index in [0.29, 0.717) is 12.3 Å². The molecule has 0 saturated carbocycles. The number of nitriles is 1. The van der Waals surface area contributed by atoms with Gasteiger partial charge in [-0.25, -0.2) is 4.39 Å². The van der Waals surface area contributed by atoms with Crippen LogP contribution in [0.1, 0.15) is 5.82 Å². The van der Waals surface area contributed by atoms with E-state index in [1.807, 2.05) is 6.07 Å². The molecule has 0 aliphatic heterocycles. The number of aromatic amines is 1. The lowest BCUT2D eigenvalue weighted by molar-refractivity contribution is 0.144. The third-order valence-corrected chi connectivity index (χ3v) is 2.58. The number of rotatable bonds is 7. The van der Waals surface area contributed by atoms with E-state index in [2.05, 4.69) is 25.9 Å². The second-order valence-corrected chi connectivity index (χ2v) is 4.01. The molecule has 0 radical (unpaired) electrons. The summed E-state index contributed by atoms with van der Waals surface area (Å²) in [6.45, 7) is 0.529. The SMILES string of the molecule is COCCOc1c(F)cccc1NC=C(C#N)c1nn[nH]n1. The van der Waals surface area contributed by atoms with Crippen LogP contribution in [0.4, 0.5) is 10.1 Å². The van der Waals surface area contributed by atoms with Gasteiger partial charge in [-0.1, -0.05) is 6.07 Å². The predicted molar refractivity (Wildman–Crippen MR) is 75.2 cm³/mol. The number of tetrazole rings is 1. The maximum atomic E-state index is 13.8. The van der Waals surface area contributed by atoms with Crippen molar-refractivity contribution in [2.24, 2.45) is 0 Å². The van der Waals surface area contributed by atoms with E-state index >= 15 is 0 Å². The van der Waals surface area contributed by atoms with Gasteiger partial charge in [-0.2, -0.15) is 10.5 Å². The van der Waals surface area contributed by atoms with Crippen LogP contribution in [0.15, 0.2) is 24.4 Å². The molecular weight excluding hydrogens is 291 g/mol. The van der Waals surface area contributed by atoms with E-state index in [4.69, 9.17) is 14.7 Å². The van der Waals surface area contributed by atoms with Crippen LogP contribution in [0.25, 0.3) is 5.57 Å². The molecule has 0 atom stereocenters. The van der Waals surface area contributed by atoms with Crippen LogP contribution in [0.2, 0.25) is 0 Å². The minimum Gasteiger partial charge on any atom is -0.486 e. The highest BCUT2D eigenvalue weighted by Crippen LogP contribution is 2.28. The maximum Gasteiger partial charge on any atom is 0.216 e. The molecule has 0 bridgehead atoms. The number of nitrogens with one attached hydrogen (secondary N) is 2.